The number of hydrogen-bond donors (Lipinski definition) is 0. The number of benzene rings is 1. The molecule has 1 atom stereocenters. The van der Waals surface area contributed by atoms with E-state index in [1.54, 1.807) is 0 Å². The quantitative estimate of drug-likeness (QED) is 0.468. The number of nitro groups is 1. The smallest absolute Gasteiger partial charge is 0.338 e. The molecule has 0 saturated carbocycles. The average molecular weight is 286 g/mol. The van der Waals surface area contributed by atoms with Gasteiger partial charge in [-0.1, -0.05) is 25.4 Å². The summed E-state index contributed by atoms with van der Waals surface area (Å²) in [5, 5.41) is 10.5. The van der Waals surface area contributed by atoms with E-state index in [4.69, 9.17) is 16.3 Å². The maximum absolute atomic E-state index is 11.8. The molecule has 0 spiro atoms. The van der Waals surface area contributed by atoms with E-state index in [0.717, 1.165) is 6.42 Å². The second-order valence-corrected chi connectivity index (χ2v) is 5.18. The summed E-state index contributed by atoms with van der Waals surface area (Å²) in [5.41, 5.74) is -0.0142. The molecular weight excluding hydrogens is 270 g/mol. The summed E-state index contributed by atoms with van der Waals surface area (Å²) in [7, 11) is 0. The molecule has 0 heterocycles. The zero-order valence-electron chi connectivity index (χ0n) is 11.1. The summed E-state index contributed by atoms with van der Waals surface area (Å²) in [6, 6.07) is 3.80. The summed E-state index contributed by atoms with van der Waals surface area (Å²) in [6.45, 7) is 5.88. The first kappa shape index (κ1) is 15.4. The minimum absolute atomic E-state index is 0.0732. The van der Waals surface area contributed by atoms with Gasteiger partial charge in [-0.15, -0.1) is 0 Å². The molecule has 1 unspecified atom stereocenters. The highest BCUT2D eigenvalue weighted by molar-refractivity contribution is 6.33. The number of ether oxygens (including phenoxy) is 1. The van der Waals surface area contributed by atoms with E-state index in [9.17, 15) is 14.9 Å². The highest BCUT2D eigenvalue weighted by Crippen LogP contribution is 2.25. The van der Waals surface area contributed by atoms with Crippen LogP contribution in [0.5, 0.6) is 0 Å². The van der Waals surface area contributed by atoms with Crippen LogP contribution in [-0.2, 0) is 4.74 Å². The first-order chi connectivity index (χ1) is 8.81. The number of nitro benzene ring substituents is 1. The van der Waals surface area contributed by atoms with Gasteiger partial charge in [0.15, 0.2) is 0 Å². The Balaban J connectivity index is 2.78. The van der Waals surface area contributed by atoms with Gasteiger partial charge in [0.25, 0.3) is 5.69 Å². The number of nitrogens with zero attached hydrogens (tertiary/aromatic N) is 1. The maximum Gasteiger partial charge on any atom is 0.338 e. The summed E-state index contributed by atoms with van der Waals surface area (Å²) < 4.78 is 5.24. The minimum Gasteiger partial charge on any atom is -0.459 e. The van der Waals surface area contributed by atoms with Crippen molar-refractivity contribution in [1.29, 1.82) is 0 Å². The van der Waals surface area contributed by atoms with Crippen molar-refractivity contribution in [3.8, 4) is 0 Å². The molecule has 19 heavy (non-hydrogen) atoms. The molecule has 0 aromatic heterocycles. The van der Waals surface area contributed by atoms with Crippen LogP contribution in [0.1, 0.15) is 37.6 Å². The Morgan fingerprint density at radius 3 is 2.53 bits per heavy atom. The van der Waals surface area contributed by atoms with E-state index in [-0.39, 0.29) is 22.4 Å². The summed E-state index contributed by atoms with van der Waals surface area (Å²) in [5.74, 6) is -0.104. The molecule has 0 bridgehead atoms. The fourth-order valence-corrected chi connectivity index (χ4v) is 1.99. The molecule has 1 aromatic carbocycles. The van der Waals surface area contributed by atoms with Gasteiger partial charge in [-0.3, -0.25) is 10.1 Å². The third-order valence-corrected chi connectivity index (χ3v) is 2.79. The number of esters is 1. The van der Waals surface area contributed by atoms with Gasteiger partial charge in [0.1, 0.15) is 5.02 Å². The molecule has 0 N–H and O–H groups in total. The molecule has 0 amide bonds. The maximum atomic E-state index is 11.8. The van der Waals surface area contributed by atoms with Gasteiger partial charge >= 0.3 is 5.97 Å². The summed E-state index contributed by atoms with van der Waals surface area (Å²) in [4.78, 5) is 21.8. The van der Waals surface area contributed by atoms with Crippen molar-refractivity contribution >= 4 is 23.3 Å². The van der Waals surface area contributed by atoms with Crippen molar-refractivity contribution in [3.05, 3.63) is 38.9 Å². The van der Waals surface area contributed by atoms with E-state index in [2.05, 4.69) is 0 Å². The third-order valence-electron chi connectivity index (χ3n) is 2.49. The van der Waals surface area contributed by atoms with Crippen LogP contribution in [0.15, 0.2) is 18.2 Å². The number of halogens is 1. The zero-order valence-corrected chi connectivity index (χ0v) is 11.8. The molecule has 0 saturated heterocycles. The van der Waals surface area contributed by atoms with Crippen LogP contribution in [-0.4, -0.2) is 17.0 Å². The van der Waals surface area contributed by atoms with E-state index in [1.165, 1.54) is 18.2 Å². The predicted molar refractivity (Wildman–Crippen MR) is 72.4 cm³/mol. The van der Waals surface area contributed by atoms with E-state index < -0.39 is 10.9 Å². The van der Waals surface area contributed by atoms with Gasteiger partial charge in [-0.2, -0.15) is 0 Å². The number of rotatable bonds is 5. The van der Waals surface area contributed by atoms with Gasteiger partial charge in [0, 0.05) is 6.07 Å². The molecule has 0 aliphatic carbocycles. The molecule has 104 valence electrons. The van der Waals surface area contributed by atoms with Crippen molar-refractivity contribution in [1.82, 2.24) is 0 Å². The first-order valence-electron chi connectivity index (χ1n) is 5.96. The molecule has 0 aliphatic heterocycles. The van der Waals surface area contributed by atoms with Gasteiger partial charge in [-0.05, 0) is 31.4 Å². The van der Waals surface area contributed by atoms with Gasteiger partial charge in [0.2, 0.25) is 0 Å². The second-order valence-electron chi connectivity index (χ2n) is 4.77. The molecular formula is C13H16ClNO4. The first-order valence-corrected chi connectivity index (χ1v) is 6.34. The fourth-order valence-electron chi connectivity index (χ4n) is 1.74. The van der Waals surface area contributed by atoms with Crippen LogP contribution in [0.2, 0.25) is 5.02 Å². The Morgan fingerprint density at radius 1 is 1.42 bits per heavy atom. The normalized spacial score (nSPS) is 12.3. The highest BCUT2D eigenvalue weighted by Gasteiger charge is 2.18. The van der Waals surface area contributed by atoms with Gasteiger partial charge in [0.05, 0.1) is 16.6 Å². The van der Waals surface area contributed by atoms with Crippen LogP contribution in [0.25, 0.3) is 0 Å². The Morgan fingerprint density at radius 2 is 2.05 bits per heavy atom. The van der Waals surface area contributed by atoms with E-state index >= 15 is 0 Å². The number of hydrogen-bond acceptors (Lipinski definition) is 4. The predicted octanol–water partition coefficient (Wildman–Crippen LogP) is 3.84. The molecule has 5 nitrogen and oxygen atoms in total. The van der Waals surface area contributed by atoms with Crippen molar-refractivity contribution in [3.63, 3.8) is 0 Å². The van der Waals surface area contributed by atoms with Crippen molar-refractivity contribution < 1.29 is 14.5 Å². The average Bonchev–Trinajstić information content (AvgIpc) is 2.26. The Kier molecular flexibility index (Phi) is 5.30. The minimum atomic E-state index is -0.598. The molecule has 6 heteroatoms. The Labute approximate surface area is 116 Å². The highest BCUT2D eigenvalue weighted by atomic mass is 35.5. The SMILES string of the molecule is CC(C)CC(C)OC(=O)c1ccc([N+](=O)[O-])c(Cl)c1. The largest absolute Gasteiger partial charge is 0.459 e. The lowest BCUT2D eigenvalue weighted by molar-refractivity contribution is -0.384. The van der Waals surface area contributed by atoms with E-state index in [0.29, 0.717) is 5.92 Å². The van der Waals surface area contributed by atoms with Crippen LogP contribution in [0.4, 0.5) is 5.69 Å². The zero-order chi connectivity index (χ0) is 14.6. The standard InChI is InChI=1S/C13H16ClNO4/c1-8(2)6-9(3)19-13(16)10-4-5-12(15(17)18)11(14)7-10/h4-5,7-9H,6H2,1-3H3. The lowest BCUT2D eigenvalue weighted by Gasteiger charge is -2.15. The fraction of sp³-hybridized carbons (Fsp3) is 0.462. The molecule has 0 fully saturated rings. The Bertz CT molecular complexity index is 488. The monoisotopic (exact) mass is 285 g/mol. The lowest BCUT2D eigenvalue weighted by atomic mass is 10.1. The summed E-state index contributed by atoms with van der Waals surface area (Å²) in [6.07, 6.45) is 0.549. The molecule has 0 aliphatic rings. The van der Waals surface area contributed by atoms with Gasteiger partial charge in [-0.25, -0.2) is 4.79 Å². The lowest BCUT2D eigenvalue weighted by Crippen LogP contribution is -2.17. The van der Waals surface area contributed by atoms with Crippen LogP contribution >= 0.6 is 11.6 Å². The van der Waals surface area contributed by atoms with Crippen LogP contribution in [0, 0.1) is 16.0 Å². The second kappa shape index (κ2) is 6.52. The number of carbonyl (C=O) groups excluding carboxylic acids is 1. The van der Waals surface area contributed by atoms with Crippen molar-refractivity contribution in [2.24, 2.45) is 5.92 Å². The van der Waals surface area contributed by atoms with Gasteiger partial charge < -0.3 is 4.74 Å². The summed E-state index contributed by atoms with van der Waals surface area (Å²) >= 11 is 5.74. The van der Waals surface area contributed by atoms with Crippen molar-refractivity contribution in [2.75, 3.05) is 0 Å². The third kappa shape index (κ3) is 4.52. The van der Waals surface area contributed by atoms with Crippen LogP contribution < -0.4 is 0 Å². The van der Waals surface area contributed by atoms with Crippen molar-refractivity contribution in [2.45, 2.75) is 33.3 Å². The molecule has 1 aromatic rings. The topological polar surface area (TPSA) is 69.4 Å². The van der Waals surface area contributed by atoms with Crippen LogP contribution in [0.3, 0.4) is 0 Å². The number of carbonyl (C=O) groups is 1. The van der Waals surface area contributed by atoms with E-state index in [1.807, 2.05) is 20.8 Å². The Hall–Kier alpha value is -1.62. The molecule has 0 radical (unpaired) electrons. The molecule has 1 rings (SSSR count).